The first-order valence-electron chi connectivity index (χ1n) is 17.9. The van der Waals surface area contributed by atoms with Crippen LogP contribution in [0.1, 0.15) is 106 Å². The zero-order valence-corrected chi connectivity index (χ0v) is 29.6. The van der Waals surface area contributed by atoms with Crippen LogP contribution in [-0.4, -0.2) is 67.5 Å². The summed E-state index contributed by atoms with van der Waals surface area (Å²) < 4.78 is 11.7. The van der Waals surface area contributed by atoms with E-state index in [0.29, 0.717) is 25.6 Å². The molecule has 7 nitrogen and oxygen atoms in total. The SMILES string of the molecule is CCCCOC(=O)[C@]1(C)CC[C@]2(C)CC[C@]3(C)C4=CC=C5C(=CC(=O)C(OC(=O)N6CCN(C)CC6)=C5C)[C@]4(C)CC[C@@]3(C)[C@@H]2C1. The van der Waals surface area contributed by atoms with Crippen molar-refractivity contribution in [3.63, 3.8) is 0 Å². The van der Waals surface area contributed by atoms with Gasteiger partial charge in [0, 0.05) is 37.2 Å². The van der Waals surface area contributed by atoms with Crippen LogP contribution in [0, 0.1) is 33.0 Å². The van der Waals surface area contributed by atoms with E-state index in [-0.39, 0.29) is 39.2 Å². The van der Waals surface area contributed by atoms with Gasteiger partial charge in [0.15, 0.2) is 5.76 Å². The number of ketones is 1. The Bertz CT molecular complexity index is 1450. The van der Waals surface area contributed by atoms with E-state index in [1.807, 2.05) is 14.0 Å². The molecule has 1 amide bonds. The van der Waals surface area contributed by atoms with E-state index in [2.05, 4.69) is 58.6 Å². The van der Waals surface area contributed by atoms with Gasteiger partial charge in [-0.1, -0.05) is 58.8 Å². The van der Waals surface area contributed by atoms with Crippen molar-refractivity contribution >= 4 is 17.8 Å². The topological polar surface area (TPSA) is 76.2 Å². The number of likely N-dealkylation sites (N-methyl/N-ethyl adjacent to an activating group) is 1. The number of allylic oxidation sites excluding steroid dienone is 7. The van der Waals surface area contributed by atoms with E-state index in [0.717, 1.165) is 87.6 Å². The molecule has 0 unspecified atom stereocenters. The molecule has 252 valence electrons. The first kappa shape index (κ1) is 33.2. The minimum Gasteiger partial charge on any atom is -0.465 e. The lowest BCUT2D eigenvalue weighted by atomic mass is 9.34. The van der Waals surface area contributed by atoms with Gasteiger partial charge in [0.1, 0.15) is 0 Å². The summed E-state index contributed by atoms with van der Waals surface area (Å²) in [5.74, 6) is 0.332. The highest BCUT2D eigenvalue weighted by atomic mass is 16.6. The summed E-state index contributed by atoms with van der Waals surface area (Å²) in [6, 6.07) is 0. The van der Waals surface area contributed by atoms with Crippen LogP contribution in [0.15, 0.2) is 46.3 Å². The highest BCUT2D eigenvalue weighted by Crippen LogP contribution is 2.75. The fraction of sp³-hybridized carbons (Fsp3) is 0.718. The van der Waals surface area contributed by atoms with Crippen LogP contribution in [0.5, 0.6) is 0 Å². The number of fused-ring (bicyclic) bond motifs is 7. The van der Waals surface area contributed by atoms with Crippen molar-refractivity contribution in [2.45, 2.75) is 106 Å². The molecule has 4 fully saturated rings. The summed E-state index contributed by atoms with van der Waals surface area (Å²) >= 11 is 0. The molecule has 0 aromatic rings. The average Bonchev–Trinajstić information content (AvgIpc) is 3.02. The molecule has 6 rings (SSSR count). The van der Waals surface area contributed by atoms with Crippen LogP contribution >= 0.6 is 0 Å². The van der Waals surface area contributed by atoms with E-state index >= 15 is 0 Å². The van der Waals surface area contributed by atoms with E-state index in [4.69, 9.17) is 9.47 Å². The van der Waals surface area contributed by atoms with Crippen molar-refractivity contribution in [2.24, 2.45) is 33.0 Å². The van der Waals surface area contributed by atoms with Crippen molar-refractivity contribution in [1.82, 2.24) is 9.80 Å². The minimum absolute atomic E-state index is 0.00931. The second kappa shape index (κ2) is 11.5. The maximum absolute atomic E-state index is 13.7. The molecule has 6 atom stereocenters. The third-order valence-electron chi connectivity index (χ3n) is 14.0. The van der Waals surface area contributed by atoms with Gasteiger partial charge in [-0.25, -0.2) is 4.79 Å². The number of carbonyl (C=O) groups excluding carboxylic acids is 3. The second-order valence-electron chi connectivity index (χ2n) is 16.7. The largest absolute Gasteiger partial charge is 0.465 e. The lowest BCUT2D eigenvalue weighted by Gasteiger charge is -2.70. The number of ether oxygens (including phenoxy) is 2. The third kappa shape index (κ3) is 4.97. The molecule has 0 radical (unpaired) electrons. The number of carbonyl (C=O) groups is 3. The number of rotatable bonds is 5. The van der Waals surface area contributed by atoms with Crippen LogP contribution < -0.4 is 0 Å². The Balaban J connectivity index is 1.31. The summed E-state index contributed by atoms with van der Waals surface area (Å²) in [7, 11) is 2.04. The van der Waals surface area contributed by atoms with Crippen LogP contribution in [0.4, 0.5) is 4.79 Å². The smallest absolute Gasteiger partial charge is 0.415 e. The summed E-state index contributed by atoms with van der Waals surface area (Å²) in [6.07, 6.45) is 14.8. The van der Waals surface area contributed by atoms with E-state index in [1.165, 1.54) is 5.57 Å². The fourth-order valence-electron chi connectivity index (χ4n) is 10.4. The number of amides is 1. The number of hydrogen-bond acceptors (Lipinski definition) is 6. The second-order valence-corrected chi connectivity index (χ2v) is 16.7. The minimum atomic E-state index is -0.452. The standard InChI is InChI=1S/C39H56N2O5/c1-9-10-23-45-33(43)36(4)14-13-35(3)15-17-38(6)30-12-11-27-26(2)32(46-34(44)41-21-19-40(8)20-22-41)29(42)24-28(27)37(30,5)16-18-39(38,7)31(35)25-36/h11-12,24,31H,9-10,13-23,25H2,1-8H3/t31-,35-,36-,37+,38-,39+/m1/s1. The van der Waals surface area contributed by atoms with E-state index in [9.17, 15) is 14.4 Å². The molecular formula is C39H56N2O5. The van der Waals surface area contributed by atoms with Crippen molar-refractivity contribution < 1.29 is 23.9 Å². The average molecular weight is 633 g/mol. The Labute approximate surface area is 276 Å². The molecule has 46 heavy (non-hydrogen) atoms. The summed E-state index contributed by atoms with van der Waals surface area (Å²) in [5, 5.41) is 0. The molecule has 1 aliphatic heterocycles. The van der Waals surface area contributed by atoms with Gasteiger partial charge in [0.05, 0.1) is 12.0 Å². The zero-order valence-electron chi connectivity index (χ0n) is 29.6. The molecule has 1 heterocycles. The maximum Gasteiger partial charge on any atom is 0.415 e. The molecule has 0 spiro atoms. The quantitative estimate of drug-likeness (QED) is 0.228. The van der Waals surface area contributed by atoms with Crippen molar-refractivity contribution in [1.29, 1.82) is 0 Å². The molecule has 3 saturated carbocycles. The van der Waals surface area contributed by atoms with Crippen LogP contribution in [0.3, 0.4) is 0 Å². The van der Waals surface area contributed by atoms with Crippen molar-refractivity contribution in [2.75, 3.05) is 39.8 Å². The normalized spacial score (nSPS) is 39.2. The summed E-state index contributed by atoms with van der Waals surface area (Å²) in [4.78, 5) is 44.1. The Morgan fingerprint density at radius 2 is 1.63 bits per heavy atom. The van der Waals surface area contributed by atoms with Gasteiger partial charge in [0.25, 0.3) is 0 Å². The summed E-state index contributed by atoms with van der Waals surface area (Å²) in [6.45, 7) is 19.3. The molecule has 0 aromatic heterocycles. The molecule has 6 aliphatic rings. The lowest BCUT2D eigenvalue weighted by molar-refractivity contribution is -0.182. The number of hydrogen-bond donors (Lipinski definition) is 0. The van der Waals surface area contributed by atoms with E-state index in [1.54, 1.807) is 11.0 Å². The Morgan fingerprint density at radius 1 is 0.935 bits per heavy atom. The molecule has 7 heteroatoms. The number of unbranched alkanes of at least 4 members (excludes halogenated alkanes) is 1. The number of piperazine rings is 1. The first-order valence-corrected chi connectivity index (χ1v) is 17.9. The predicted molar refractivity (Wildman–Crippen MR) is 180 cm³/mol. The monoisotopic (exact) mass is 632 g/mol. The zero-order chi connectivity index (χ0) is 33.3. The first-order chi connectivity index (χ1) is 21.6. The van der Waals surface area contributed by atoms with Crippen molar-refractivity contribution in [3.8, 4) is 0 Å². The van der Waals surface area contributed by atoms with Crippen LogP contribution in [0.25, 0.3) is 0 Å². The third-order valence-corrected chi connectivity index (χ3v) is 14.0. The van der Waals surface area contributed by atoms with Gasteiger partial charge in [-0.15, -0.1) is 0 Å². The van der Waals surface area contributed by atoms with Gasteiger partial charge in [-0.3, -0.25) is 9.59 Å². The van der Waals surface area contributed by atoms with Crippen LogP contribution in [-0.2, 0) is 19.1 Å². The summed E-state index contributed by atoms with van der Waals surface area (Å²) in [5.41, 5.74) is 3.64. The van der Waals surface area contributed by atoms with Crippen molar-refractivity contribution in [3.05, 3.63) is 46.3 Å². The molecule has 1 saturated heterocycles. The predicted octanol–water partition coefficient (Wildman–Crippen LogP) is 7.78. The van der Waals surface area contributed by atoms with E-state index < -0.39 is 11.5 Å². The Kier molecular flexibility index (Phi) is 8.30. The Morgan fingerprint density at radius 3 is 2.33 bits per heavy atom. The van der Waals surface area contributed by atoms with Crippen LogP contribution in [0.2, 0.25) is 0 Å². The Hall–Kier alpha value is -2.67. The molecular weight excluding hydrogens is 576 g/mol. The molecule has 5 aliphatic carbocycles. The number of esters is 1. The molecule has 0 bridgehead atoms. The van der Waals surface area contributed by atoms with Gasteiger partial charge in [-0.2, -0.15) is 0 Å². The molecule has 0 N–H and O–H groups in total. The number of nitrogens with zero attached hydrogens (tertiary/aromatic N) is 2. The highest BCUT2D eigenvalue weighted by Gasteiger charge is 2.67. The fourth-order valence-corrected chi connectivity index (χ4v) is 10.4. The van der Waals surface area contributed by atoms with Gasteiger partial charge >= 0.3 is 12.1 Å². The lowest BCUT2D eigenvalue weighted by Crippen LogP contribution is -2.62. The highest BCUT2D eigenvalue weighted by molar-refractivity contribution is 6.08. The van der Waals surface area contributed by atoms with Gasteiger partial charge < -0.3 is 19.3 Å². The maximum atomic E-state index is 13.7. The van der Waals surface area contributed by atoms with Gasteiger partial charge in [-0.05, 0) is 112 Å². The van der Waals surface area contributed by atoms with Gasteiger partial charge in [0.2, 0.25) is 5.78 Å². The molecule has 0 aromatic carbocycles.